The van der Waals surface area contributed by atoms with Crippen LogP contribution in [0, 0.1) is 0 Å². The summed E-state index contributed by atoms with van der Waals surface area (Å²) in [7, 11) is 0. The fourth-order valence-corrected chi connectivity index (χ4v) is 2.65. The number of aliphatic carboxylic acids is 2. The quantitative estimate of drug-likeness (QED) is 0.289. The van der Waals surface area contributed by atoms with E-state index < -0.39 is 11.9 Å². The largest absolute Gasteiger partial charge is 1.00 e. The van der Waals surface area contributed by atoms with Gasteiger partial charge in [-0.15, -0.1) is 0 Å². The van der Waals surface area contributed by atoms with E-state index in [2.05, 4.69) is 12.7 Å². The van der Waals surface area contributed by atoms with Gasteiger partial charge in [-0.25, -0.2) is 0 Å². The number of nitrogens with two attached hydrogens (primary N) is 1. The first kappa shape index (κ1) is 30.6. The van der Waals surface area contributed by atoms with Crippen LogP contribution in [-0.4, -0.2) is 23.6 Å². The average molecular weight is 382 g/mol. The Labute approximate surface area is 182 Å². The molecule has 0 spiro atoms. The maximum atomic E-state index is 10.3. The third-order valence-electron chi connectivity index (χ3n) is 4.16. The zero-order valence-electron chi connectivity index (χ0n) is 17.3. The first-order chi connectivity index (χ1) is 12.0. The van der Waals surface area contributed by atoms with E-state index in [0.717, 1.165) is 12.8 Å². The third-order valence-corrected chi connectivity index (χ3v) is 4.16. The van der Waals surface area contributed by atoms with Crippen molar-refractivity contribution >= 4 is 11.9 Å². The van der Waals surface area contributed by atoms with Crippen LogP contribution in [0.3, 0.4) is 0 Å². The Hall–Kier alpha value is -0.100. The van der Waals surface area contributed by atoms with Crippen LogP contribution in [0.5, 0.6) is 0 Å². The van der Waals surface area contributed by atoms with Gasteiger partial charge in [0.1, 0.15) is 0 Å². The molecule has 0 aliphatic heterocycles. The van der Waals surface area contributed by atoms with E-state index in [4.69, 9.17) is 15.0 Å². The van der Waals surface area contributed by atoms with Crippen LogP contribution in [0.25, 0.3) is 0 Å². The monoisotopic (exact) mass is 381 g/mol. The van der Waals surface area contributed by atoms with Gasteiger partial charge in [0.25, 0.3) is 0 Å². The zero-order valence-corrected chi connectivity index (χ0v) is 19.3. The third kappa shape index (κ3) is 35.1. The van der Waals surface area contributed by atoms with Crippen molar-refractivity contribution in [2.24, 2.45) is 5.73 Å². The maximum absolute atomic E-state index is 10.3. The first-order valence-electron chi connectivity index (χ1n) is 10.2. The molecule has 0 aromatic heterocycles. The van der Waals surface area contributed by atoms with Gasteiger partial charge in [0.05, 0.1) is 5.97 Å². The average Bonchev–Trinajstić information content (AvgIpc) is 2.58. The zero-order chi connectivity index (χ0) is 19.2. The SMILES string of the molecule is CCCCCCCCCCCCCCCCCC(=O)O.NCC(=O)[O-].[Na+]. The van der Waals surface area contributed by atoms with Crippen molar-refractivity contribution in [1.29, 1.82) is 0 Å². The van der Waals surface area contributed by atoms with E-state index in [9.17, 15) is 4.79 Å². The van der Waals surface area contributed by atoms with Gasteiger partial charge in [-0.1, -0.05) is 96.8 Å². The number of carboxylic acids is 2. The molecule has 0 rings (SSSR count). The summed E-state index contributed by atoms with van der Waals surface area (Å²) in [5, 5.41) is 17.6. The Morgan fingerprint density at radius 2 is 1.00 bits per heavy atom. The van der Waals surface area contributed by atoms with Gasteiger partial charge in [-0.05, 0) is 6.42 Å². The standard InChI is InChI=1S/C18H36O2.C2H5NO2.Na/c1-2-3-4-5-6-7-8-9-10-11-12-13-14-15-16-17-18(19)20;3-1-2(4)5;/h2-17H2,1H3,(H,19,20);1,3H2,(H,4,5);/q;;+1/p-1. The van der Waals surface area contributed by atoms with Crippen LogP contribution in [0.15, 0.2) is 0 Å². The summed E-state index contributed by atoms with van der Waals surface area (Å²) in [6.07, 6.45) is 20.2. The van der Waals surface area contributed by atoms with Crippen LogP contribution in [0.1, 0.15) is 110 Å². The number of unbranched alkanes of at least 4 members (excludes halogenated alkanes) is 14. The molecular weight excluding hydrogens is 341 g/mol. The summed E-state index contributed by atoms with van der Waals surface area (Å²) in [6, 6.07) is 0. The molecule has 0 aliphatic rings. The number of hydrogen-bond acceptors (Lipinski definition) is 4. The molecule has 0 unspecified atom stereocenters. The number of carbonyl (C=O) groups is 2. The molecule has 0 fully saturated rings. The molecule has 5 nitrogen and oxygen atoms in total. The maximum Gasteiger partial charge on any atom is 1.00 e. The van der Waals surface area contributed by atoms with Crippen LogP contribution >= 0.6 is 0 Å². The van der Waals surface area contributed by atoms with Crippen LogP contribution in [0.2, 0.25) is 0 Å². The van der Waals surface area contributed by atoms with Crippen molar-refractivity contribution in [2.75, 3.05) is 6.54 Å². The Kier molecular flexibility index (Phi) is 31.9. The minimum Gasteiger partial charge on any atom is -0.549 e. The van der Waals surface area contributed by atoms with Crippen molar-refractivity contribution in [2.45, 2.75) is 110 Å². The van der Waals surface area contributed by atoms with Gasteiger partial charge in [-0.2, -0.15) is 0 Å². The van der Waals surface area contributed by atoms with E-state index in [1.165, 1.54) is 83.5 Å². The minimum absolute atomic E-state index is 0. The van der Waals surface area contributed by atoms with Crippen LogP contribution in [0.4, 0.5) is 0 Å². The second-order valence-electron chi connectivity index (χ2n) is 6.67. The summed E-state index contributed by atoms with van der Waals surface area (Å²) in [4.78, 5) is 19.5. The van der Waals surface area contributed by atoms with E-state index in [0.29, 0.717) is 6.42 Å². The van der Waals surface area contributed by atoms with Crippen LogP contribution in [-0.2, 0) is 9.59 Å². The molecule has 0 aromatic rings. The molecule has 26 heavy (non-hydrogen) atoms. The molecule has 0 heterocycles. The number of rotatable bonds is 17. The molecule has 0 aromatic carbocycles. The van der Waals surface area contributed by atoms with Gasteiger partial charge >= 0.3 is 35.5 Å². The van der Waals surface area contributed by atoms with Crippen molar-refractivity contribution in [3.05, 3.63) is 0 Å². The molecule has 3 N–H and O–H groups in total. The molecule has 0 saturated heterocycles. The number of hydrogen-bond donors (Lipinski definition) is 2. The minimum atomic E-state index is -1.22. The molecule has 150 valence electrons. The van der Waals surface area contributed by atoms with Gasteiger partial charge in [0.15, 0.2) is 0 Å². The second kappa shape index (κ2) is 27.1. The van der Waals surface area contributed by atoms with Crippen molar-refractivity contribution < 1.29 is 49.4 Å². The summed E-state index contributed by atoms with van der Waals surface area (Å²) in [5.74, 6) is -1.87. The number of carbonyl (C=O) groups excluding carboxylic acids is 1. The van der Waals surface area contributed by atoms with Crippen molar-refractivity contribution in [3.63, 3.8) is 0 Å². The molecule has 6 heteroatoms. The predicted molar refractivity (Wildman–Crippen MR) is 101 cm³/mol. The fourth-order valence-electron chi connectivity index (χ4n) is 2.65. The van der Waals surface area contributed by atoms with Gasteiger partial charge in [0, 0.05) is 13.0 Å². The summed E-state index contributed by atoms with van der Waals surface area (Å²) < 4.78 is 0. The molecule has 0 aliphatic carbocycles. The van der Waals surface area contributed by atoms with Gasteiger partial charge in [-0.3, -0.25) is 4.79 Å². The predicted octanol–water partition coefficient (Wildman–Crippen LogP) is 1.03. The normalized spacial score (nSPS) is 9.77. The molecule has 0 bridgehead atoms. The molecular formula is C20H40NNaO4. The van der Waals surface area contributed by atoms with E-state index >= 15 is 0 Å². The Bertz CT molecular complexity index is 302. The second-order valence-corrected chi connectivity index (χ2v) is 6.67. The summed E-state index contributed by atoms with van der Waals surface area (Å²) in [5.41, 5.74) is 4.51. The van der Waals surface area contributed by atoms with Gasteiger partial charge in [0.2, 0.25) is 0 Å². The van der Waals surface area contributed by atoms with Crippen LogP contribution < -0.4 is 40.4 Å². The van der Waals surface area contributed by atoms with Crippen molar-refractivity contribution in [3.8, 4) is 0 Å². The van der Waals surface area contributed by atoms with E-state index in [1.54, 1.807) is 0 Å². The topological polar surface area (TPSA) is 103 Å². The Morgan fingerprint density at radius 1 is 0.731 bits per heavy atom. The molecule has 0 atom stereocenters. The van der Waals surface area contributed by atoms with Crippen molar-refractivity contribution in [1.82, 2.24) is 0 Å². The molecule has 0 radical (unpaired) electrons. The Balaban J connectivity index is -0.000000772. The summed E-state index contributed by atoms with van der Waals surface area (Å²) >= 11 is 0. The smallest absolute Gasteiger partial charge is 0.549 e. The van der Waals surface area contributed by atoms with Gasteiger partial charge < -0.3 is 20.7 Å². The summed E-state index contributed by atoms with van der Waals surface area (Å²) in [6.45, 7) is 1.88. The first-order valence-corrected chi connectivity index (χ1v) is 10.2. The Morgan fingerprint density at radius 3 is 1.23 bits per heavy atom. The number of carboxylic acid groups (broad SMARTS) is 2. The van der Waals surface area contributed by atoms with E-state index in [-0.39, 0.29) is 36.1 Å². The fraction of sp³-hybridized carbons (Fsp3) is 0.900. The van der Waals surface area contributed by atoms with E-state index in [1.807, 2.05) is 0 Å². The molecule has 0 amide bonds. The molecule has 0 saturated carbocycles.